The molecule has 0 radical (unpaired) electrons. The van der Waals surface area contributed by atoms with Gasteiger partial charge in [0, 0.05) is 33.5 Å². The van der Waals surface area contributed by atoms with Crippen LogP contribution in [0.1, 0.15) is 36.0 Å². The minimum atomic E-state index is -0.130. The predicted molar refractivity (Wildman–Crippen MR) is 84.6 cm³/mol. The van der Waals surface area contributed by atoms with Gasteiger partial charge in [0.1, 0.15) is 0 Å². The van der Waals surface area contributed by atoms with Crippen LogP contribution in [0.25, 0.3) is 0 Å². The van der Waals surface area contributed by atoms with E-state index in [-0.39, 0.29) is 11.8 Å². The first kappa shape index (κ1) is 15.5. The molecule has 1 saturated carbocycles. The predicted octanol–water partition coefficient (Wildman–Crippen LogP) is 3.00. The molecule has 108 valence electrons. The molecule has 2 amide bonds. The molecule has 2 N–H and O–H groups in total. The van der Waals surface area contributed by atoms with Crippen LogP contribution in [0.15, 0.2) is 27.1 Å². The number of benzene rings is 1. The van der Waals surface area contributed by atoms with E-state index in [9.17, 15) is 9.59 Å². The molecule has 0 atom stereocenters. The number of hydrogen-bond donors (Lipinski definition) is 2. The standard InChI is InChI=1S/C14H16Br2N2O2/c15-10-6-9(7-11(16)8-10)14(20)17-5-1-2-13(19)18-12-3-4-12/h6-8,12H,1-5H2,(H,17,20)(H,18,19). The highest BCUT2D eigenvalue weighted by Crippen LogP contribution is 2.20. The third kappa shape index (κ3) is 5.25. The maximum Gasteiger partial charge on any atom is 0.251 e. The quantitative estimate of drug-likeness (QED) is 0.717. The summed E-state index contributed by atoms with van der Waals surface area (Å²) in [7, 11) is 0. The van der Waals surface area contributed by atoms with Crippen LogP contribution in [0.5, 0.6) is 0 Å². The van der Waals surface area contributed by atoms with Crippen molar-refractivity contribution in [2.45, 2.75) is 31.7 Å². The number of hydrogen-bond acceptors (Lipinski definition) is 2. The normalized spacial score (nSPS) is 13.9. The molecule has 6 heteroatoms. The Balaban J connectivity index is 1.70. The van der Waals surface area contributed by atoms with Crippen molar-refractivity contribution in [3.8, 4) is 0 Å². The van der Waals surface area contributed by atoms with Gasteiger partial charge in [-0.3, -0.25) is 9.59 Å². The van der Waals surface area contributed by atoms with Gasteiger partial charge in [-0.05, 0) is 37.5 Å². The van der Waals surface area contributed by atoms with Crippen LogP contribution in [0, 0.1) is 0 Å². The van der Waals surface area contributed by atoms with Crippen LogP contribution in [-0.4, -0.2) is 24.4 Å². The number of carbonyl (C=O) groups is 2. The van der Waals surface area contributed by atoms with E-state index in [1.807, 2.05) is 6.07 Å². The van der Waals surface area contributed by atoms with Crippen molar-refractivity contribution in [2.24, 2.45) is 0 Å². The average molecular weight is 404 g/mol. The number of amides is 2. The van der Waals surface area contributed by atoms with Gasteiger partial charge in [-0.15, -0.1) is 0 Å². The molecule has 0 bridgehead atoms. The van der Waals surface area contributed by atoms with E-state index in [1.165, 1.54) is 0 Å². The van der Waals surface area contributed by atoms with Crippen molar-refractivity contribution in [3.63, 3.8) is 0 Å². The summed E-state index contributed by atoms with van der Waals surface area (Å²) >= 11 is 6.70. The highest BCUT2D eigenvalue weighted by molar-refractivity contribution is 9.11. The van der Waals surface area contributed by atoms with Gasteiger partial charge < -0.3 is 10.6 Å². The largest absolute Gasteiger partial charge is 0.353 e. The second kappa shape index (κ2) is 7.22. The molecule has 1 aromatic carbocycles. The zero-order valence-corrected chi connectivity index (χ0v) is 14.1. The second-order valence-corrected chi connectivity index (χ2v) is 6.69. The summed E-state index contributed by atoms with van der Waals surface area (Å²) in [5, 5.41) is 5.74. The lowest BCUT2D eigenvalue weighted by Crippen LogP contribution is -2.28. The first-order valence-corrected chi connectivity index (χ1v) is 8.17. The SMILES string of the molecule is O=C(CCCNC(=O)c1cc(Br)cc(Br)c1)NC1CC1. The van der Waals surface area contributed by atoms with Crippen molar-refractivity contribution in [3.05, 3.63) is 32.7 Å². The second-order valence-electron chi connectivity index (χ2n) is 4.86. The van der Waals surface area contributed by atoms with E-state index in [2.05, 4.69) is 42.5 Å². The van der Waals surface area contributed by atoms with Crippen molar-refractivity contribution in [1.82, 2.24) is 10.6 Å². The van der Waals surface area contributed by atoms with Crippen LogP contribution in [0.3, 0.4) is 0 Å². The molecular formula is C14H16Br2N2O2. The van der Waals surface area contributed by atoms with Gasteiger partial charge in [-0.1, -0.05) is 31.9 Å². The average Bonchev–Trinajstić information content (AvgIpc) is 3.17. The third-order valence-electron chi connectivity index (χ3n) is 2.93. The Bertz CT molecular complexity index is 496. The van der Waals surface area contributed by atoms with Crippen LogP contribution >= 0.6 is 31.9 Å². The summed E-state index contributed by atoms with van der Waals surface area (Å²) in [6.45, 7) is 0.501. The molecule has 0 heterocycles. The third-order valence-corrected chi connectivity index (χ3v) is 3.85. The summed E-state index contributed by atoms with van der Waals surface area (Å²) in [5.41, 5.74) is 0.591. The maximum atomic E-state index is 11.9. The van der Waals surface area contributed by atoms with E-state index in [4.69, 9.17) is 0 Å². The Hall–Kier alpha value is -0.880. The molecule has 4 nitrogen and oxygen atoms in total. The number of nitrogens with one attached hydrogen (secondary N) is 2. The lowest BCUT2D eigenvalue weighted by molar-refractivity contribution is -0.121. The van der Waals surface area contributed by atoms with Gasteiger partial charge >= 0.3 is 0 Å². The molecule has 1 fully saturated rings. The van der Waals surface area contributed by atoms with Crippen molar-refractivity contribution in [1.29, 1.82) is 0 Å². The summed E-state index contributed by atoms with van der Waals surface area (Å²) < 4.78 is 1.70. The molecule has 0 aromatic heterocycles. The molecule has 0 aliphatic heterocycles. The van der Waals surface area contributed by atoms with Crippen molar-refractivity contribution in [2.75, 3.05) is 6.54 Å². The van der Waals surface area contributed by atoms with E-state index < -0.39 is 0 Å². The highest BCUT2D eigenvalue weighted by atomic mass is 79.9. The van der Waals surface area contributed by atoms with Crippen molar-refractivity contribution >= 4 is 43.7 Å². The van der Waals surface area contributed by atoms with Gasteiger partial charge in [0.05, 0.1) is 0 Å². The van der Waals surface area contributed by atoms with Gasteiger partial charge in [-0.25, -0.2) is 0 Å². The first-order chi connectivity index (χ1) is 9.54. The molecule has 1 aromatic rings. The van der Waals surface area contributed by atoms with Crippen LogP contribution in [0.4, 0.5) is 0 Å². The smallest absolute Gasteiger partial charge is 0.251 e. The van der Waals surface area contributed by atoms with Crippen LogP contribution in [0.2, 0.25) is 0 Å². The van der Waals surface area contributed by atoms with Gasteiger partial charge in [0.15, 0.2) is 0 Å². The molecule has 0 saturated heterocycles. The fourth-order valence-corrected chi connectivity index (χ4v) is 3.06. The molecule has 2 rings (SSSR count). The minimum Gasteiger partial charge on any atom is -0.353 e. The zero-order chi connectivity index (χ0) is 14.5. The summed E-state index contributed by atoms with van der Waals surface area (Å²) in [5.74, 6) is -0.0541. The van der Waals surface area contributed by atoms with E-state index in [0.29, 0.717) is 31.0 Å². The number of halogens is 2. The molecule has 20 heavy (non-hydrogen) atoms. The molecule has 0 unspecified atom stereocenters. The van der Waals surface area contributed by atoms with Gasteiger partial charge in [0.25, 0.3) is 5.91 Å². The van der Waals surface area contributed by atoms with Crippen molar-refractivity contribution < 1.29 is 9.59 Å². The summed E-state index contributed by atoms with van der Waals surface area (Å²) in [6.07, 6.45) is 3.30. The Morgan fingerprint density at radius 3 is 2.40 bits per heavy atom. The minimum absolute atomic E-state index is 0.0759. The lowest BCUT2D eigenvalue weighted by Gasteiger charge is -2.07. The van der Waals surface area contributed by atoms with E-state index in [0.717, 1.165) is 21.8 Å². The topological polar surface area (TPSA) is 58.2 Å². The first-order valence-electron chi connectivity index (χ1n) is 6.58. The monoisotopic (exact) mass is 402 g/mol. The van der Waals surface area contributed by atoms with Crippen LogP contribution in [-0.2, 0) is 4.79 Å². The summed E-state index contributed by atoms with van der Waals surface area (Å²) in [6, 6.07) is 5.80. The van der Waals surface area contributed by atoms with Gasteiger partial charge in [-0.2, -0.15) is 0 Å². The molecule has 1 aliphatic carbocycles. The highest BCUT2D eigenvalue weighted by Gasteiger charge is 2.22. The molecular weight excluding hydrogens is 388 g/mol. The van der Waals surface area contributed by atoms with E-state index in [1.54, 1.807) is 12.1 Å². The Morgan fingerprint density at radius 1 is 1.15 bits per heavy atom. The summed E-state index contributed by atoms with van der Waals surface area (Å²) in [4.78, 5) is 23.4. The fourth-order valence-electron chi connectivity index (χ4n) is 1.77. The van der Waals surface area contributed by atoms with Crippen LogP contribution < -0.4 is 10.6 Å². The number of carbonyl (C=O) groups excluding carboxylic acids is 2. The molecule has 1 aliphatic rings. The zero-order valence-electron chi connectivity index (χ0n) is 10.9. The lowest BCUT2D eigenvalue weighted by atomic mass is 10.2. The number of rotatable bonds is 6. The Kier molecular flexibility index (Phi) is 5.60. The van der Waals surface area contributed by atoms with E-state index >= 15 is 0 Å². The molecule has 0 spiro atoms. The van der Waals surface area contributed by atoms with Gasteiger partial charge in [0.2, 0.25) is 5.91 Å². The Labute approximate surface area is 135 Å². The fraction of sp³-hybridized carbons (Fsp3) is 0.429. The Morgan fingerprint density at radius 2 is 1.80 bits per heavy atom. The maximum absolute atomic E-state index is 11.9.